The number of halogens is 1. The molecule has 0 saturated heterocycles. The fraction of sp³-hybridized carbons (Fsp3) is 0.455. The lowest BCUT2D eigenvalue weighted by Gasteiger charge is -2.10. The normalized spacial score (nSPS) is 31.3. The Morgan fingerprint density at radius 2 is 2.33 bits per heavy atom. The van der Waals surface area contributed by atoms with Gasteiger partial charge in [0, 0.05) is 23.7 Å². The minimum atomic E-state index is 0.184. The third-order valence-corrected chi connectivity index (χ3v) is 4.18. The number of nitrogens with two attached hydrogens (primary N) is 1. The lowest BCUT2D eigenvalue weighted by molar-refractivity contribution is 0.411. The van der Waals surface area contributed by atoms with Gasteiger partial charge in [0.2, 0.25) is 0 Å². The third-order valence-electron chi connectivity index (χ3n) is 3.56. The lowest BCUT2D eigenvalue weighted by Crippen LogP contribution is -2.20. The summed E-state index contributed by atoms with van der Waals surface area (Å²) in [6.07, 6.45) is 1.08. The Balaban J connectivity index is 2.13. The molecule has 2 unspecified atom stereocenters. The minimum absolute atomic E-state index is 0.184. The Morgan fingerprint density at radius 3 is 2.93 bits per heavy atom. The van der Waals surface area contributed by atoms with E-state index in [4.69, 9.17) is 10.5 Å². The number of ether oxygens (including phenoxy) is 1. The Kier molecular flexibility index (Phi) is 1.83. The first-order chi connectivity index (χ1) is 7.17. The summed E-state index contributed by atoms with van der Waals surface area (Å²) in [6.45, 7) is 0.961. The highest BCUT2D eigenvalue weighted by Crippen LogP contribution is 2.54. The second-order valence-corrected chi connectivity index (χ2v) is 5.21. The highest BCUT2D eigenvalue weighted by molar-refractivity contribution is 9.10. The van der Waals surface area contributed by atoms with Crippen molar-refractivity contribution in [2.45, 2.75) is 17.9 Å². The van der Waals surface area contributed by atoms with Gasteiger partial charge >= 0.3 is 0 Å². The molecule has 1 aromatic rings. The molecule has 80 valence electrons. The predicted octanol–water partition coefficient (Wildman–Crippen LogP) is 1.85. The summed E-state index contributed by atoms with van der Waals surface area (Å²) in [7, 11) is 1.69. The average molecular weight is 269 g/mol. The van der Waals surface area contributed by atoms with Crippen molar-refractivity contribution >= 4 is 21.6 Å². The molecule has 1 spiro atoms. The maximum absolute atomic E-state index is 6.01. The summed E-state index contributed by atoms with van der Waals surface area (Å²) in [5.41, 5.74) is 8.70. The Labute approximate surface area is 97.1 Å². The van der Waals surface area contributed by atoms with Crippen molar-refractivity contribution in [3.63, 3.8) is 0 Å². The zero-order valence-electron chi connectivity index (χ0n) is 8.51. The van der Waals surface area contributed by atoms with Crippen molar-refractivity contribution < 1.29 is 4.74 Å². The van der Waals surface area contributed by atoms with Gasteiger partial charge in [-0.2, -0.15) is 0 Å². The number of anilines is 1. The van der Waals surface area contributed by atoms with E-state index in [1.54, 1.807) is 7.11 Å². The van der Waals surface area contributed by atoms with Crippen molar-refractivity contribution in [2.75, 3.05) is 19.0 Å². The largest absolute Gasteiger partial charge is 0.496 e. The van der Waals surface area contributed by atoms with Gasteiger partial charge in [-0.25, -0.2) is 0 Å². The molecule has 1 aromatic carbocycles. The van der Waals surface area contributed by atoms with Crippen LogP contribution in [-0.4, -0.2) is 19.7 Å². The molecule has 3 nitrogen and oxygen atoms in total. The third kappa shape index (κ3) is 1.15. The van der Waals surface area contributed by atoms with Crippen LogP contribution in [0.2, 0.25) is 0 Å². The first-order valence-electron chi connectivity index (χ1n) is 5.05. The molecule has 0 bridgehead atoms. The van der Waals surface area contributed by atoms with Crippen LogP contribution in [0.1, 0.15) is 12.0 Å². The topological polar surface area (TPSA) is 47.3 Å². The molecule has 3 N–H and O–H groups in total. The van der Waals surface area contributed by atoms with E-state index in [1.165, 1.54) is 11.3 Å². The molecular weight excluding hydrogens is 256 g/mol. The number of hydrogen-bond acceptors (Lipinski definition) is 3. The van der Waals surface area contributed by atoms with Crippen LogP contribution in [0.4, 0.5) is 5.69 Å². The summed E-state index contributed by atoms with van der Waals surface area (Å²) in [5.74, 6) is 0.885. The first-order valence-corrected chi connectivity index (χ1v) is 5.84. The average Bonchev–Trinajstić information content (AvgIpc) is 2.73. The van der Waals surface area contributed by atoms with Gasteiger partial charge in [-0.15, -0.1) is 0 Å². The molecule has 15 heavy (non-hydrogen) atoms. The Morgan fingerprint density at radius 1 is 1.60 bits per heavy atom. The van der Waals surface area contributed by atoms with Gasteiger partial charge in [0.15, 0.2) is 0 Å². The number of benzene rings is 1. The van der Waals surface area contributed by atoms with Gasteiger partial charge in [-0.3, -0.25) is 0 Å². The van der Waals surface area contributed by atoms with E-state index in [1.807, 2.05) is 0 Å². The van der Waals surface area contributed by atoms with Gasteiger partial charge in [0.05, 0.1) is 11.6 Å². The van der Waals surface area contributed by atoms with Crippen LogP contribution in [0.25, 0.3) is 0 Å². The molecule has 2 atom stereocenters. The number of fused-ring (bicyclic) bond motifs is 2. The SMILES string of the molecule is COc1cc2c(cc1Br)NCC21CC1N. The lowest BCUT2D eigenvalue weighted by atomic mass is 9.97. The van der Waals surface area contributed by atoms with Crippen LogP contribution in [0.15, 0.2) is 16.6 Å². The van der Waals surface area contributed by atoms with Crippen molar-refractivity contribution in [3.8, 4) is 5.75 Å². The summed E-state index contributed by atoms with van der Waals surface area (Å²) >= 11 is 3.49. The van der Waals surface area contributed by atoms with Crippen LogP contribution < -0.4 is 15.8 Å². The summed E-state index contributed by atoms with van der Waals surface area (Å²) in [4.78, 5) is 0. The van der Waals surface area contributed by atoms with E-state index in [9.17, 15) is 0 Å². The van der Waals surface area contributed by atoms with E-state index in [0.717, 1.165) is 23.2 Å². The van der Waals surface area contributed by atoms with Crippen LogP contribution in [0.3, 0.4) is 0 Å². The number of nitrogens with one attached hydrogen (secondary N) is 1. The van der Waals surface area contributed by atoms with E-state index in [2.05, 4.69) is 33.4 Å². The summed E-state index contributed by atoms with van der Waals surface area (Å²) < 4.78 is 6.30. The van der Waals surface area contributed by atoms with Gasteiger partial charge in [0.25, 0.3) is 0 Å². The van der Waals surface area contributed by atoms with E-state index in [0.29, 0.717) is 6.04 Å². The van der Waals surface area contributed by atoms with Crippen molar-refractivity contribution in [2.24, 2.45) is 5.73 Å². The van der Waals surface area contributed by atoms with E-state index >= 15 is 0 Å². The number of rotatable bonds is 1. The van der Waals surface area contributed by atoms with Gasteiger partial charge in [-0.05, 0) is 40.0 Å². The minimum Gasteiger partial charge on any atom is -0.496 e. The molecule has 1 fully saturated rings. The molecule has 0 aromatic heterocycles. The monoisotopic (exact) mass is 268 g/mol. The molecule has 1 saturated carbocycles. The van der Waals surface area contributed by atoms with Crippen LogP contribution in [0.5, 0.6) is 5.75 Å². The highest BCUT2D eigenvalue weighted by Gasteiger charge is 2.57. The second-order valence-electron chi connectivity index (χ2n) is 4.35. The zero-order chi connectivity index (χ0) is 10.6. The maximum atomic E-state index is 6.01. The molecule has 1 aliphatic carbocycles. The molecule has 4 heteroatoms. The molecule has 2 aliphatic rings. The van der Waals surface area contributed by atoms with E-state index < -0.39 is 0 Å². The smallest absolute Gasteiger partial charge is 0.133 e. The van der Waals surface area contributed by atoms with Gasteiger partial charge in [0.1, 0.15) is 5.75 Å². The van der Waals surface area contributed by atoms with Crippen LogP contribution >= 0.6 is 15.9 Å². The van der Waals surface area contributed by atoms with Crippen LogP contribution in [0, 0.1) is 0 Å². The molecule has 3 rings (SSSR count). The fourth-order valence-electron chi connectivity index (χ4n) is 2.46. The number of methoxy groups -OCH3 is 1. The van der Waals surface area contributed by atoms with Crippen LogP contribution in [-0.2, 0) is 5.41 Å². The van der Waals surface area contributed by atoms with E-state index in [-0.39, 0.29) is 5.41 Å². The molecular formula is C11H13BrN2O. The quantitative estimate of drug-likeness (QED) is 0.818. The molecule has 1 heterocycles. The maximum Gasteiger partial charge on any atom is 0.133 e. The highest BCUT2D eigenvalue weighted by atomic mass is 79.9. The van der Waals surface area contributed by atoms with Gasteiger partial charge in [-0.1, -0.05) is 0 Å². The van der Waals surface area contributed by atoms with Crippen molar-refractivity contribution in [1.82, 2.24) is 0 Å². The fourth-order valence-corrected chi connectivity index (χ4v) is 2.97. The Bertz CT molecular complexity index is 435. The first kappa shape index (κ1) is 9.48. The molecule has 0 radical (unpaired) electrons. The zero-order valence-corrected chi connectivity index (χ0v) is 10.1. The number of hydrogen-bond donors (Lipinski definition) is 2. The van der Waals surface area contributed by atoms with Crippen molar-refractivity contribution in [1.29, 1.82) is 0 Å². The predicted molar refractivity (Wildman–Crippen MR) is 63.5 cm³/mol. The molecule has 1 aliphatic heterocycles. The van der Waals surface area contributed by atoms with Gasteiger partial charge < -0.3 is 15.8 Å². The second kappa shape index (κ2) is 2.89. The summed E-state index contributed by atoms with van der Waals surface area (Å²) in [6, 6.07) is 4.48. The van der Waals surface area contributed by atoms with Crippen molar-refractivity contribution in [3.05, 3.63) is 22.2 Å². The summed E-state index contributed by atoms with van der Waals surface area (Å²) in [5, 5.41) is 3.41. The standard InChI is InChI=1S/C11H13BrN2O/c1-15-9-2-6-8(3-7(9)12)14-5-11(6)4-10(11)13/h2-3,10,14H,4-5,13H2,1H3. The Hall–Kier alpha value is -0.740. The molecule has 0 amide bonds.